The van der Waals surface area contributed by atoms with E-state index in [9.17, 15) is 4.79 Å². The summed E-state index contributed by atoms with van der Waals surface area (Å²) < 4.78 is 5.28. The Hall–Kier alpha value is -1.97. The van der Waals surface area contributed by atoms with Gasteiger partial charge in [0.15, 0.2) is 0 Å². The number of nitrogens with one attached hydrogen (secondary N) is 2. The van der Waals surface area contributed by atoms with Crippen molar-refractivity contribution in [2.75, 3.05) is 7.11 Å². The molecule has 0 aliphatic heterocycles. The summed E-state index contributed by atoms with van der Waals surface area (Å²) in [5, 5.41) is 4.16. The van der Waals surface area contributed by atoms with Gasteiger partial charge in [-0.3, -0.25) is 4.79 Å². The van der Waals surface area contributed by atoms with Gasteiger partial charge in [-0.25, -0.2) is 0 Å². The van der Waals surface area contributed by atoms with Gasteiger partial charge in [0, 0.05) is 23.1 Å². The van der Waals surface area contributed by atoms with Gasteiger partial charge in [0.2, 0.25) is 0 Å². The van der Waals surface area contributed by atoms with Crippen molar-refractivity contribution in [3.63, 3.8) is 0 Å². The molecule has 4 rings (SSSR count). The van der Waals surface area contributed by atoms with Crippen molar-refractivity contribution in [1.82, 2.24) is 10.3 Å². The Morgan fingerprint density at radius 3 is 2.91 bits per heavy atom. The second-order valence-electron chi connectivity index (χ2n) is 7.21. The van der Waals surface area contributed by atoms with E-state index in [4.69, 9.17) is 4.74 Å². The molecule has 1 heterocycles. The van der Waals surface area contributed by atoms with E-state index in [1.807, 2.05) is 18.2 Å². The van der Waals surface area contributed by atoms with Crippen molar-refractivity contribution in [1.29, 1.82) is 0 Å². The molecule has 0 radical (unpaired) electrons. The van der Waals surface area contributed by atoms with Crippen molar-refractivity contribution in [2.45, 2.75) is 38.6 Å². The number of carbonyl (C=O) groups is 1. The average Bonchev–Trinajstić information content (AvgIpc) is 3.28. The summed E-state index contributed by atoms with van der Waals surface area (Å²) in [5.74, 6) is 3.16. The zero-order valence-electron chi connectivity index (χ0n) is 13.8. The van der Waals surface area contributed by atoms with Crippen molar-refractivity contribution < 1.29 is 9.53 Å². The molecule has 0 unspecified atom stereocenters. The molecule has 2 bridgehead atoms. The van der Waals surface area contributed by atoms with E-state index in [1.165, 1.54) is 25.7 Å². The van der Waals surface area contributed by atoms with Crippen LogP contribution in [-0.2, 0) is 0 Å². The fourth-order valence-electron chi connectivity index (χ4n) is 4.71. The quantitative estimate of drug-likeness (QED) is 0.904. The number of fused-ring (bicyclic) bond motifs is 3. The minimum absolute atomic E-state index is 0.0137. The number of aromatic amines is 1. The summed E-state index contributed by atoms with van der Waals surface area (Å²) in [6.07, 6.45) is 7.19. The Labute approximate surface area is 136 Å². The fourth-order valence-corrected chi connectivity index (χ4v) is 4.71. The lowest BCUT2D eigenvalue weighted by Gasteiger charge is -2.28. The van der Waals surface area contributed by atoms with Gasteiger partial charge in [-0.2, -0.15) is 0 Å². The minimum Gasteiger partial charge on any atom is -0.497 e. The number of carbonyl (C=O) groups excluding carboxylic acids is 1. The lowest BCUT2D eigenvalue weighted by atomic mass is 9.84. The van der Waals surface area contributed by atoms with Crippen LogP contribution >= 0.6 is 0 Å². The topological polar surface area (TPSA) is 54.1 Å². The third-order valence-corrected chi connectivity index (χ3v) is 5.93. The molecule has 4 nitrogen and oxygen atoms in total. The van der Waals surface area contributed by atoms with Crippen LogP contribution < -0.4 is 10.1 Å². The average molecular weight is 312 g/mol. The second kappa shape index (κ2) is 5.59. The van der Waals surface area contributed by atoms with Crippen LogP contribution in [0.1, 0.15) is 43.0 Å². The fraction of sp³-hybridized carbons (Fsp3) is 0.526. The predicted octanol–water partition coefficient (Wildman–Crippen LogP) is 3.73. The Bertz CT molecular complexity index is 736. The van der Waals surface area contributed by atoms with Crippen LogP contribution in [0.5, 0.6) is 5.75 Å². The summed E-state index contributed by atoms with van der Waals surface area (Å²) in [4.78, 5) is 15.9. The first-order valence-electron chi connectivity index (χ1n) is 8.61. The minimum atomic E-state index is 0.0137. The standard InChI is InChI=1S/C19H24N2O2/c1-11(15-8-12-3-4-13(15)7-12)21-19(22)17-10-20-18-6-5-14(23-2)9-16(17)18/h5-6,9-13,15,20H,3-4,7-8H2,1-2H3,(H,21,22)/t11-,12-,13-,15+/m0/s1. The van der Waals surface area contributed by atoms with Crippen LogP contribution in [0.25, 0.3) is 10.9 Å². The highest BCUT2D eigenvalue weighted by Crippen LogP contribution is 2.49. The van der Waals surface area contributed by atoms with E-state index in [-0.39, 0.29) is 11.9 Å². The van der Waals surface area contributed by atoms with E-state index in [0.717, 1.165) is 28.5 Å². The monoisotopic (exact) mass is 312 g/mol. The molecule has 122 valence electrons. The van der Waals surface area contributed by atoms with Gasteiger partial charge in [0.1, 0.15) is 5.75 Å². The molecule has 2 aliphatic carbocycles. The molecule has 2 N–H and O–H groups in total. The van der Waals surface area contributed by atoms with E-state index in [2.05, 4.69) is 17.2 Å². The molecule has 2 aromatic rings. The summed E-state index contributed by atoms with van der Waals surface area (Å²) in [7, 11) is 1.64. The van der Waals surface area contributed by atoms with Crippen LogP contribution in [0.2, 0.25) is 0 Å². The van der Waals surface area contributed by atoms with Crippen LogP contribution in [0.15, 0.2) is 24.4 Å². The molecule has 0 spiro atoms. The molecule has 4 atom stereocenters. The van der Waals surface area contributed by atoms with Gasteiger partial charge in [0.25, 0.3) is 5.91 Å². The second-order valence-corrected chi connectivity index (χ2v) is 7.21. The molecular formula is C19H24N2O2. The summed E-state index contributed by atoms with van der Waals surface area (Å²) in [6, 6.07) is 6.01. The zero-order valence-corrected chi connectivity index (χ0v) is 13.8. The van der Waals surface area contributed by atoms with Crippen molar-refractivity contribution in [3.8, 4) is 5.75 Å². The molecule has 23 heavy (non-hydrogen) atoms. The van der Waals surface area contributed by atoms with E-state index in [0.29, 0.717) is 11.5 Å². The summed E-state index contributed by atoms with van der Waals surface area (Å²) in [5.41, 5.74) is 1.66. The van der Waals surface area contributed by atoms with Gasteiger partial charge in [-0.05, 0) is 62.1 Å². The van der Waals surface area contributed by atoms with Crippen LogP contribution in [0.4, 0.5) is 0 Å². The van der Waals surface area contributed by atoms with Gasteiger partial charge in [0.05, 0.1) is 12.7 Å². The Kier molecular flexibility index (Phi) is 3.55. The maximum atomic E-state index is 12.7. The molecule has 1 amide bonds. The van der Waals surface area contributed by atoms with Gasteiger partial charge < -0.3 is 15.0 Å². The smallest absolute Gasteiger partial charge is 0.253 e. The number of H-pyrrole nitrogens is 1. The summed E-state index contributed by atoms with van der Waals surface area (Å²) >= 11 is 0. The zero-order chi connectivity index (χ0) is 16.0. The van der Waals surface area contributed by atoms with Gasteiger partial charge in [-0.1, -0.05) is 6.42 Å². The third kappa shape index (κ3) is 2.50. The maximum absolute atomic E-state index is 12.7. The number of amides is 1. The van der Waals surface area contributed by atoms with E-state index in [1.54, 1.807) is 13.3 Å². The number of methoxy groups -OCH3 is 1. The lowest BCUT2D eigenvalue weighted by Crippen LogP contribution is -2.40. The first-order chi connectivity index (χ1) is 11.2. The SMILES string of the molecule is COc1ccc2[nH]cc(C(=O)N[C@@H](C)[C@H]3C[C@H]4CC[C@H]3C4)c2c1. The molecule has 2 saturated carbocycles. The number of aromatic nitrogens is 1. The number of hydrogen-bond donors (Lipinski definition) is 2. The molecule has 4 heteroatoms. The molecular weight excluding hydrogens is 288 g/mol. The number of ether oxygens (including phenoxy) is 1. The third-order valence-electron chi connectivity index (χ3n) is 5.93. The first kappa shape index (κ1) is 14.6. The molecule has 1 aromatic carbocycles. The van der Waals surface area contributed by atoms with Crippen molar-refractivity contribution in [3.05, 3.63) is 30.0 Å². The van der Waals surface area contributed by atoms with E-state index < -0.39 is 0 Å². The highest BCUT2D eigenvalue weighted by atomic mass is 16.5. The highest BCUT2D eigenvalue weighted by molar-refractivity contribution is 6.07. The number of benzene rings is 1. The first-order valence-corrected chi connectivity index (χ1v) is 8.61. The normalized spacial score (nSPS) is 27.3. The predicted molar refractivity (Wildman–Crippen MR) is 90.7 cm³/mol. The van der Waals surface area contributed by atoms with Crippen LogP contribution in [-0.4, -0.2) is 24.0 Å². The van der Waals surface area contributed by atoms with Crippen molar-refractivity contribution in [2.24, 2.45) is 17.8 Å². The molecule has 1 aromatic heterocycles. The lowest BCUT2D eigenvalue weighted by molar-refractivity contribution is 0.0917. The summed E-state index contributed by atoms with van der Waals surface area (Å²) in [6.45, 7) is 2.17. The number of hydrogen-bond acceptors (Lipinski definition) is 2. The molecule has 0 saturated heterocycles. The van der Waals surface area contributed by atoms with E-state index >= 15 is 0 Å². The molecule has 2 fully saturated rings. The number of rotatable bonds is 4. The van der Waals surface area contributed by atoms with Gasteiger partial charge >= 0.3 is 0 Å². The Balaban J connectivity index is 1.52. The largest absolute Gasteiger partial charge is 0.497 e. The van der Waals surface area contributed by atoms with Crippen LogP contribution in [0.3, 0.4) is 0 Å². The van der Waals surface area contributed by atoms with Gasteiger partial charge in [-0.15, -0.1) is 0 Å². The Morgan fingerprint density at radius 1 is 1.35 bits per heavy atom. The highest BCUT2D eigenvalue weighted by Gasteiger charge is 2.42. The van der Waals surface area contributed by atoms with Crippen LogP contribution in [0, 0.1) is 17.8 Å². The Morgan fingerprint density at radius 2 is 2.22 bits per heavy atom. The molecule has 2 aliphatic rings. The van der Waals surface area contributed by atoms with Crippen molar-refractivity contribution >= 4 is 16.8 Å². The maximum Gasteiger partial charge on any atom is 0.253 e.